The van der Waals surface area contributed by atoms with Crippen LogP contribution in [0.4, 0.5) is 0 Å². The third-order valence-electron chi connectivity index (χ3n) is 3.15. The van der Waals surface area contributed by atoms with Crippen LogP contribution in [-0.2, 0) is 6.54 Å². The second-order valence-corrected chi connectivity index (χ2v) is 6.74. The molecule has 0 amide bonds. The van der Waals surface area contributed by atoms with E-state index >= 15 is 0 Å². The van der Waals surface area contributed by atoms with Crippen LogP contribution in [0.25, 0.3) is 10.4 Å². The van der Waals surface area contributed by atoms with E-state index in [1.807, 2.05) is 29.2 Å². The molecule has 18 heavy (non-hydrogen) atoms. The van der Waals surface area contributed by atoms with Crippen LogP contribution in [0.1, 0.15) is 28.8 Å². The van der Waals surface area contributed by atoms with Crippen LogP contribution in [0, 0.1) is 0 Å². The Hall–Kier alpha value is -0.840. The lowest BCUT2D eigenvalue weighted by atomic mass is 10.1. The number of hydrogen-bond donors (Lipinski definition) is 1. The van der Waals surface area contributed by atoms with E-state index in [1.54, 1.807) is 0 Å². The first-order valence-electron chi connectivity index (χ1n) is 6.25. The summed E-state index contributed by atoms with van der Waals surface area (Å²) in [5.41, 5.74) is 8.13. The van der Waals surface area contributed by atoms with Crippen molar-refractivity contribution in [3.8, 4) is 10.4 Å². The van der Waals surface area contributed by atoms with Crippen molar-refractivity contribution >= 4 is 23.1 Å². The highest BCUT2D eigenvalue weighted by atomic mass is 32.2. The van der Waals surface area contributed by atoms with Gasteiger partial charge in [0.2, 0.25) is 0 Å². The van der Waals surface area contributed by atoms with Gasteiger partial charge in [-0.05, 0) is 24.2 Å². The van der Waals surface area contributed by atoms with E-state index in [1.165, 1.54) is 34.0 Å². The Labute approximate surface area is 116 Å². The molecule has 2 nitrogen and oxygen atoms in total. The van der Waals surface area contributed by atoms with Gasteiger partial charge < -0.3 is 5.73 Å². The molecule has 0 spiro atoms. The van der Waals surface area contributed by atoms with Crippen molar-refractivity contribution in [2.75, 3.05) is 5.75 Å². The van der Waals surface area contributed by atoms with Gasteiger partial charge in [0.15, 0.2) is 0 Å². The van der Waals surface area contributed by atoms with Gasteiger partial charge in [-0.15, -0.1) is 11.3 Å². The van der Waals surface area contributed by atoms with E-state index in [0.717, 1.165) is 5.69 Å². The van der Waals surface area contributed by atoms with Crippen LogP contribution >= 0.6 is 23.1 Å². The molecule has 1 unspecified atom stereocenters. The molecule has 0 aliphatic carbocycles. The molecule has 1 saturated heterocycles. The van der Waals surface area contributed by atoms with Crippen LogP contribution in [0.5, 0.6) is 0 Å². The lowest BCUT2D eigenvalue weighted by Gasteiger charge is -2.01. The Kier molecular flexibility index (Phi) is 3.68. The molecule has 1 aliphatic heterocycles. The summed E-state index contributed by atoms with van der Waals surface area (Å²) in [7, 11) is 0. The monoisotopic (exact) mass is 276 g/mol. The van der Waals surface area contributed by atoms with Crippen LogP contribution in [0.15, 0.2) is 30.3 Å². The van der Waals surface area contributed by atoms with Crippen LogP contribution < -0.4 is 5.73 Å². The molecular formula is C14H16N2S2. The van der Waals surface area contributed by atoms with Crippen molar-refractivity contribution in [3.05, 3.63) is 41.0 Å². The standard InChI is InChI=1S/C14H16N2S2/c15-9-11-13(10-5-2-1-3-6-10)18-14(16-11)12-7-4-8-17-12/h1-3,5-6,12H,4,7-9,15H2. The van der Waals surface area contributed by atoms with Crippen molar-refractivity contribution in [3.63, 3.8) is 0 Å². The number of nitrogens with zero attached hydrogens (tertiary/aromatic N) is 1. The van der Waals surface area contributed by atoms with E-state index in [2.05, 4.69) is 24.3 Å². The van der Waals surface area contributed by atoms with Gasteiger partial charge >= 0.3 is 0 Å². The summed E-state index contributed by atoms with van der Waals surface area (Å²) in [4.78, 5) is 6.01. The Bertz CT molecular complexity index is 516. The molecule has 1 aliphatic rings. The zero-order valence-corrected chi connectivity index (χ0v) is 11.8. The topological polar surface area (TPSA) is 38.9 Å². The molecule has 1 fully saturated rings. The summed E-state index contributed by atoms with van der Waals surface area (Å²) < 4.78 is 0. The van der Waals surface area contributed by atoms with E-state index in [4.69, 9.17) is 10.7 Å². The number of hydrogen-bond acceptors (Lipinski definition) is 4. The third kappa shape index (κ3) is 2.32. The van der Waals surface area contributed by atoms with Gasteiger partial charge in [0.05, 0.1) is 15.8 Å². The number of nitrogens with two attached hydrogens (primary N) is 1. The van der Waals surface area contributed by atoms with Gasteiger partial charge in [0.25, 0.3) is 0 Å². The molecular weight excluding hydrogens is 260 g/mol. The molecule has 94 valence electrons. The minimum Gasteiger partial charge on any atom is -0.325 e. The van der Waals surface area contributed by atoms with Gasteiger partial charge in [-0.1, -0.05) is 30.3 Å². The smallest absolute Gasteiger partial charge is 0.107 e. The minimum absolute atomic E-state index is 0.526. The fourth-order valence-electron chi connectivity index (χ4n) is 2.23. The number of thioether (sulfide) groups is 1. The summed E-state index contributed by atoms with van der Waals surface area (Å²) in [6.07, 6.45) is 2.57. The average Bonchev–Trinajstić information content (AvgIpc) is 3.08. The molecule has 1 aromatic carbocycles. The van der Waals surface area contributed by atoms with Crippen LogP contribution in [0.2, 0.25) is 0 Å². The molecule has 0 radical (unpaired) electrons. The zero-order chi connectivity index (χ0) is 12.4. The molecule has 3 rings (SSSR count). The summed E-state index contributed by atoms with van der Waals surface area (Å²) in [5, 5.41) is 1.86. The molecule has 0 bridgehead atoms. The van der Waals surface area contributed by atoms with Gasteiger partial charge in [0, 0.05) is 6.54 Å². The number of aromatic nitrogens is 1. The third-order valence-corrected chi connectivity index (χ3v) is 5.94. The molecule has 1 atom stereocenters. The average molecular weight is 276 g/mol. The highest BCUT2D eigenvalue weighted by Crippen LogP contribution is 2.44. The quantitative estimate of drug-likeness (QED) is 0.926. The van der Waals surface area contributed by atoms with E-state index < -0.39 is 0 Å². The van der Waals surface area contributed by atoms with Crippen molar-refractivity contribution in [2.45, 2.75) is 24.6 Å². The summed E-state index contributed by atoms with van der Waals surface area (Å²) >= 11 is 3.85. The number of benzene rings is 1. The van der Waals surface area contributed by atoms with Crippen molar-refractivity contribution < 1.29 is 0 Å². The normalized spacial score (nSPS) is 19.3. The predicted octanol–water partition coefficient (Wildman–Crippen LogP) is 3.84. The first-order chi connectivity index (χ1) is 8.88. The van der Waals surface area contributed by atoms with Gasteiger partial charge in [0.1, 0.15) is 5.01 Å². The lowest BCUT2D eigenvalue weighted by Crippen LogP contribution is -1.99. The van der Waals surface area contributed by atoms with Crippen LogP contribution in [-0.4, -0.2) is 10.7 Å². The fraction of sp³-hybridized carbons (Fsp3) is 0.357. The predicted molar refractivity (Wildman–Crippen MR) is 79.9 cm³/mol. The van der Waals surface area contributed by atoms with Crippen molar-refractivity contribution in [2.24, 2.45) is 5.73 Å². The SMILES string of the molecule is NCc1nc(C2CCCS2)sc1-c1ccccc1. The van der Waals surface area contributed by atoms with Crippen molar-refractivity contribution in [1.82, 2.24) is 4.98 Å². The molecule has 2 aromatic rings. The first-order valence-corrected chi connectivity index (χ1v) is 8.11. The first kappa shape index (κ1) is 12.2. The van der Waals surface area contributed by atoms with E-state index in [0.29, 0.717) is 11.8 Å². The maximum atomic E-state index is 5.84. The summed E-state index contributed by atoms with van der Waals surface area (Å²) in [6, 6.07) is 10.5. The highest BCUT2D eigenvalue weighted by molar-refractivity contribution is 7.99. The Balaban J connectivity index is 1.98. The second-order valence-electron chi connectivity index (χ2n) is 4.40. The molecule has 1 aromatic heterocycles. The maximum absolute atomic E-state index is 5.84. The Morgan fingerprint density at radius 3 is 2.78 bits per heavy atom. The Morgan fingerprint density at radius 2 is 2.11 bits per heavy atom. The molecule has 4 heteroatoms. The lowest BCUT2D eigenvalue weighted by molar-refractivity contribution is 0.816. The molecule has 2 N–H and O–H groups in total. The van der Waals surface area contributed by atoms with E-state index in [-0.39, 0.29) is 0 Å². The second kappa shape index (κ2) is 5.43. The minimum atomic E-state index is 0.526. The van der Waals surface area contributed by atoms with Gasteiger partial charge in [-0.2, -0.15) is 11.8 Å². The van der Waals surface area contributed by atoms with E-state index in [9.17, 15) is 0 Å². The van der Waals surface area contributed by atoms with Crippen molar-refractivity contribution in [1.29, 1.82) is 0 Å². The summed E-state index contributed by atoms with van der Waals surface area (Å²) in [5.74, 6) is 1.27. The Morgan fingerprint density at radius 1 is 1.28 bits per heavy atom. The zero-order valence-electron chi connectivity index (χ0n) is 10.1. The molecule has 2 heterocycles. The van der Waals surface area contributed by atoms with Gasteiger partial charge in [-0.25, -0.2) is 4.98 Å². The number of thiazole rings is 1. The maximum Gasteiger partial charge on any atom is 0.107 e. The summed E-state index contributed by atoms with van der Waals surface area (Å²) in [6.45, 7) is 0.526. The van der Waals surface area contributed by atoms with Gasteiger partial charge in [-0.3, -0.25) is 0 Å². The largest absolute Gasteiger partial charge is 0.325 e. The molecule has 0 saturated carbocycles. The number of rotatable bonds is 3. The van der Waals surface area contributed by atoms with Crippen LogP contribution in [0.3, 0.4) is 0 Å². The highest BCUT2D eigenvalue weighted by Gasteiger charge is 2.23. The fourth-order valence-corrected chi connectivity index (χ4v) is 4.84.